The predicted octanol–water partition coefficient (Wildman–Crippen LogP) is 3.80. The molecule has 110 valence electrons. The summed E-state index contributed by atoms with van der Waals surface area (Å²) in [5.41, 5.74) is 9.59. The van der Waals surface area contributed by atoms with Crippen LogP contribution in [0.3, 0.4) is 0 Å². The number of nitrogen functional groups attached to an aromatic ring is 1. The Kier molecular flexibility index (Phi) is 4.38. The summed E-state index contributed by atoms with van der Waals surface area (Å²) in [5.74, 6) is 0.126. The first kappa shape index (κ1) is 15.2. The van der Waals surface area contributed by atoms with Crippen molar-refractivity contribution in [1.29, 1.82) is 0 Å². The molecule has 5 heteroatoms. The van der Waals surface area contributed by atoms with Gasteiger partial charge in [-0.25, -0.2) is 0 Å². The Hall–Kier alpha value is -2.20. The van der Waals surface area contributed by atoms with Gasteiger partial charge in [-0.2, -0.15) is 0 Å². The molecule has 0 aliphatic heterocycles. The molecule has 0 radical (unpaired) electrons. The van der Waals surface area contributed by atoms with E-state index in [2.05, 4.69) is 5.32 Å². The van der Waals surface area contributed by atoms with Crippen molar-refractivity contribution in [1.82, 2.24) is 0 Å². The first-order valence-corrected chi connectivity index (χ1v) is 6.81. The first-order valence-electron chi connectivity index (χ1n) is 6.44. The molecule has 1 amide bonds. The van der Waals surface area contributed by atoms with Crippen molar-refractivity contribution in [2.75, 3.05) is 18.2 Å². The minimum atomic E-state index is -0.293. The molecule has 0 spiro atoms. The molecule has 0 aliphatic rings. The van der Waals surface area contributed by atoms with Gasteiger partial charge in [0.25, 0.3) is 5.91 Å². The summed E-state index contributed by atoms with van der Waals surface area (Å²) in [5, 5.41) is 3.31. The fourth-order valence-electron chi connectivity index (χ4n) is 1.99. The highest BCUT2D eigenvalue weighted by atomic mass is 35.5. The fourth-order valence-corrected chi connectivity index (χ4v) is 2.15. The Balaban J connectivity index is 2.32. The predicted molar refractivity (Wildman–Crippen MR) is 86.3 cm³/mol. The molecular weight excluding hydrogens is 288 g/mol. The normalized spacial score (nSPS) is 10.3. The van der Waals surface area contributed by atoms with Gasteiger partial charge in [-0.05, 0) is 55.3 Å². The molecule has 2 aromatic carbocycles. The van der Waals surface area contributed by atoms with Crippen LogP contribution in [0, 0.1) is 13.8 Å². The molecular formula is C16H17ClN2O2. The molecule has 2 aromatic rings. The SMILES string of the molecule is COc1cc(Cl)ccc1C(=O)Nc1cc(C)c(C)cc1N. The molecule has 0 bridgehead atoms. The van der Waals surface area contributed by atoms with E-state index in [-0.39, 0.29) is 5.91 Å². The van der Waals surface area contributed by atoms with Gasteiger partial charge in [-0.15, -0.1) is 0 Å². The maximum atomic E-state index is 12.4. The van der Waals surface area contributed by atoms with Gasteiger partial charge in [0.15, 0.2) is 0 Å². The number of benzene rings is 2. The lowest BCUT2D eigenvalue weighted by atomic mass is 10.1. The number of halogens is 1. The number of anilines is 2. The largest absolute Gasteiger partial charge is 0.496 e. The molecule has 4 nitrogen and oxygen atoms in total. The van der Waals surface area contributed by atoms with Crippen LogP contribution in [0.5, 0.6) is 5.75 Å². The lowest BCUT2D eigenvalue weighted by Crippen LogP contribution is -2.14. The highest BCUT2D eigenvalue weighted by Crippen LogP contribution is 2.27. The zero-order chi connectivity index (χ0) is 15.6. The average Bonchev–Trinajstić information content (AvgIpc) is 2.44. The number of nitrogens with two attached hydrogens (primary N) is 1. The van der Waals surface area contributed by atoms with E-state index in [1.165, 1.54) is 7.11 Å². The van der Waals surface area contributed by atoms with Crippen LogP contribution < -0.4 is 15.8 Å². The molecule has 0 aliphatic carbocycles. The third-order valence-corrected chi connectivity index (χ3v) is 3.56. The van der Waals surface area contributed by atoms with Gasteiger partial charge in [-0.3, -0.25) is 4.79 Å². The number of carbonyl (C=O) groups is 1. The lowest BCUT2D eigenvalue weighted by Gasteiger charge is -2.13. The molecule has 0 fully saturated rings. The standard InChI is InChI=1S/C16H17ClN2O2/c1-9-6-13(18)14(7-10(9)2)19-16(20)12-5-4-11(17)8-15(12)21-3/h4-8H,18H2,1-3H3,(H,19,20). The smallest absolute Gasteiger partial charge is 0.259 e. The van der Waals surface area contributed by atoms with Crippen LogP contribution in [0.15, 0.2) is 30.3 Å². The van der Waals surface area contributed by atoms with Crippen LogP contribution in [0.4, 0.5) is 11.4 Å². The summed E-state index contributed by atoms with van der Waals surface area (Å²) >= 11 is 5.89. The Morgan fingerprint density at radius 3 is 2.52 bits per heavy atom. The molecule has 0 saturated heterocycles. The van der Waals surface area contributed by atoms with Crippen LogP contribution in [-0.4, -0.2) is 13.0 Å². The number of carbonyl (C=O) groups excluding carboxylic acids is 1. The van der Waals surface area contributed by atoms with Gasteiger partial charge in [0.1, 0.15) is 5.75 Å². The summed E-state index contributed by atoms with van der Waals surface area (Å²) in [4.78, 5) is 12.4. The van der Waals surface area contributed by atoms with Gasteiger partial charge < -0.3 is 15.8 Å². The molecule has 0 unspecified atom stereocenters. The molecule has 0 heterocycles. The van der Waals surface area contributed by atoms with Crippen molar-refractivity contribution < 1.29 is 9.53 Å². The van der Waals surface area contributed by atoms with Gasteiger partial charge in [0, 0.05) is 5.02 Å². The fraction of sp³-hybridized carbons (Fsp3) is 0.188. The Morgan fingerprint density at radius 1 is 1.19 bits per heavy atom. The van der Waals surface area contributed by atoms with Crippen molar-refractivity contribution >= 4 is 28.9 Å². The van der Waals surface area contributed by atoms with E-state index in [9.17, 15) is 4.79 Å². The van der Waals surface area contributed by atoms with E-state index in [1.807, 2.05) is 26.0 Å². The lowest BCUT2D eigenvalue weighted by molar-refractivity contribution is 0.102. The van der Waals surface area contributed by atoms with Crippen molar-refractivity contribution in [3.05, 3.63) is 52.0 Å². The number of ether oxygens (including phenoxy) is 1. The second-order valence-electron chi connectivity index (χ2n) is 4.82. The van der Waals surface area contributed by atoms with Gasteiger partial charge in [-0.1, -0.05) is 11.6 Å². The summed E-state index contributed by atoms with van der Waals surface area (Å²) in [6.07, 6.45) is 0. The second kappa shape index (κ2) is 6.06. The van der Waals surface area contributed by atoms with E-state index in [1.54, 1.807) is 18.2 Å². The summed E-state index contributed by atoms with van der Waals surface area (Å²) in [7, 11) is 1.49. The maximum absolute atomic E-state index is 12.4. The first-order chi connectivity index (χ1) is 9.92. The van der Waals surface area contributed by atoms with Crippen LogP contribution in [0.2, 0.25) is 5.02 Å². The van der Waals surface area contributed by atoms with E-state index in [0.29, 0.717) is 27.7 Å². The van der Waals surface area contributed by atoms with Crippen molar-refractivity contribution in [3.63, 3.8) is 0 Å². The zero-order valence-corrected chi connectivity index (χ0v) is 12.9. The van der Waals surface area contributed by atoms with Gasteiger partial charge >= 0.3 is 0 Å². The third kappa shape index (κ3) is 3.28. The number of nitrogens with one attached hydrogen (secondary N) is 1. The Morgan fingerprint density at radius 2 is 1.86 bits per heavy atom. The summed E-state index contributed by atoms with van der Waals surface area (Å²) in [6, 6.07) is 8.55. The maximum Gasteiger partial charge on any atom is 0.259 e. The minimum absolute atomic E-state index is 0.293. The Labute approximate surface area is 128 Å². The monoisotopic (exact) mass is 304 g/mol. The number of amides is 1. The summed E-state index contributed by atoms with van der Waals surface area (Å²) < 4.78 is 5.18. The topological polar surface area (TPSA) is 64.3 Å². The molecule has 3 N–H and O–H groups in total. The number of hydrogen-bond donors (Lipinski definition) is 2. The average molecular weight is 305 g/mol. The van der Waals surface area contributed by atoms with Crippen molar-refractivity contribution in [2.24, 2.45) is 0 Å². The number of aryl methyl sites for hydroxylation is 2. The highest BCUT2D eigenvalue weighted by Gasteiger charge is 2.14. The van der Waals surface area contributed by atoms with Gasteiger partial charge in [0.2, 0.25) is 0 Å². The quantitative estimate of drug-likeness (QED) is 0.848. The van der Waals surface area contributed by atoms with Crippen LogP contribution >= 0.6 is 11.6 Å². The van der Waals surface area contributed by atoms with Crippen LogP contribution in [0.25, 0.3) is 0 Å². The number of methoxy groups -OCH3 is 1. The highest BCUT2D eigenvalue weighted by molar-refractivity contribution is 6.31. The van der Waals surface area contributed by atoms with Crippen molar-refractivity contribution in [2.45, 2.75) is 13.8 Å². The third-order valence-electron chi connectivity index (χ3n) is 3.32. The second-order valence-corrected chi connectivity index (χ2v) is 5.26. The molecule has 21 heavy (non-hydrogen) atoms. The van der Waals surface area contributed by atoms with E-state index < -0.39 is 0 Å². The van der Waals surface area contributed by atoms with Gasteiger partial charge in [0.05, 0.1) is 24.0 Å². The molecule has 2 rings (SSSR count). The number of hydrogen-bond acceptors (Lipinski definition) is 3. The molecule has 0 atom stereocenters. The zero-order valence-electron chi connectivity index (χ0n) is 12.2. The minimum Gasteiger partial charge on any atom is -0.496 e. The van der Waals surface area contributed by atoms with E-state index >= 15 is 0 Å². The van der Waals surface area contributed by atoms with Crippen LogP contribution in [0.1, 0.15) is 21.5 Å². The molecule has 0 saturated carbocycles. The van der Waals surface area contributed by atoms with Crippen LogP contribution in [-0.2, 0) is 0 Å². The van der Waals surface area contributed by atoms with E-state index in [0.717, 1.165) is 11.1 Å². The Bertz CT molecular complexity index is 699. The van der Waals surface area contributed by atoms with E-state index in [4.69, 9.17) is 22.1 Å². The number of rotatable bonds is 3. The summed E-state index contributed by atoms with van der Waals surface area (Å²) in [6.45, 7) is 3.94. The van der Waals surface area contributed by atoms with Crippen molar-refractivity contribution in [3.8, 4) is 5.75 Å². The molecule has 0 aromatic heterocycles.